The smallest absolute Gasteiger partial charge is 0.163 e. The Morgan fingerprint density at radius 3 is 2.62 bits per heavy atom. The van der Waals surface area contributed by atoms with Crippen LogP contribution in [0.5, 0.6) is 0 Å². The Morgan fingerprint density at radius 1 is 1.31 bits per heavy atom. The molecule has 2 N–H and O–H groups in total. The molecule has 16 heavy (non-hydrogen) atoms. The highest BCUT2D eigenvalue weighted by molar-refractivity contribution is 5.22. The van der Waals surface area contributed by atoms with Gasteiger partial charge in [-0.3, -0.25) is 0 Å². The zero-order chi connectivity index (χ0) is 12.1. The van der Waals surface area contributed by atoms with E-state index in [9.17, 15) is 8.78 Å². The Bertz CT molecular complexity index is 339. The van der Waals surface area contributed by atoms with Crippen LogP contribution in [0.3, 0.4) is 0 Å². The standard InChI is InChI=1S/C13H19F2N/c1-3-5-9(2)8-12(16)10-6-4-7-11(14)13(10)15/h4,6-7,9,12H,3,5,8,16H2,1-2H3. The van der Waals surface area contributed by atoms with Crippen LogP contribution in [0, 0.1) is 17.6 Å². The van der Waals surface area contributed by atoms with E-state index in [1.165, 1.54) is 6.07 Å². The van der Waals surface area contributed by atoms with E-state index in [2.05, 4.69) is 13.8 Å². The summed E-state index contributed by atoms with van der Waals surface area (Å²) in [7, 11) is 0. The molecule has 0 saturated heterocycles. The predicted molar refractivity (Wildman–Crippen MR) is 62.0 cm³/mol. The van der Waals surface area contributed by atoms with E-state index in [0.717, 1.165) is 18.9 Å². The van der Waals surface area contributed by atoms with Gasteiger partial charge in [-0.2, -0.15) is 0 Å². The van der Waals surface area contributed by atoms with Gasteiger partial charge in [0.15, 0.2) is 11.6 Å². The van der Waals surface area contributed by atoms with Crippen molar-refractivity contribution in [3.8, 4) is 0 Å². The second-order valence-corrected chi connectivity index (χ2v) is 4.38. The molecule has 0 amide bonds. The third kappa shape index (κ3) is 3.27. The first kappa shape index (κ1) is 13.1. The maximum absolute atomic E-state index is 13.4. The third-order valence-corrected chi connectivity index (χ3v) is 2.82. The Morgan fingerprint density at radius 2 is 2.00 bits per heavy atom. The largest absolute Gasteiger partial charge is 0.324 e. The highest BCUT2D eigenvalue weighted by atomic mass is 19.2. The fourth-order valence-electron chi connectivity index (χ4n) is 1.98. The number of rotatable bonds is 5. The molecule has 2 atom stereocenters. The quantitative estimate of drug-likeness (QED) is 0.813. The first-order valence-electron chi connectivity index (χ1n) is 5.75. The van der Waals surface area contributed by atoms with Crippen LogP contribution >= 0.6 is 0 Å². The number of halogens is 2. The molecule has 0 fully saturated rings. The Hall–Kier alpha value is -0.960. The van der Waals surface area contributed by atoms with Gasteiger partial charge in [-0.15, -0.1) is 0 Å². The minimum atomic E-state index is -0.823. The Labute approximate surface area is 95.7 Å². The van der Waals surface area contributed by atoms with Gasteiger partial charge < -0.3 is 5.73 Å². The SMILES string of the molecule is CCCC(C)CC(N)c1cccc(F)c1F. The first-order chi connectivity index (χ1) is 7.56. The molecular formula is C13H19F2N. The lowest BCUT2D eigenvalue weighted by Gasteiger charge is -2.17. The maximum Gasteiger partial charge on any atom is 0.163 e. The van der Waals surface area contributed by atoms with E-state index in [1.54, 1.807) is 6.07 Å². The minimum Gasteiger partial charge on any atom is -0.324 e. The van der Waals surface area contributed by atoms with Crippen molar-refractivity contribution in [3.05, 3.63) is 35.4 Å². The monoisotopic (exact) mass is 227 g/mol. The van der Waals surface area contributed by atoms with Gasteiger partial charge in [0.1, 0.15) is 0 Å². The molecule has 0 aliphatic rings. The number of nitrogens with two attached hydrogens (primary N) is 1. The van der Waals surface area contributed by atoms with Crippen LogP contribution in [0.1, 0.15) is 44.7 Å². The van der Waals surface area contributed by atoms with Crippen LogP contribution < -0.4 is 5.73 Å². The van der Waals surface area contributed by atoms with Gasteiger partial charge in [-0.25, -0.2) is 8.78 Å². The molecule has 2 unspecified atom stereocenters. The van der Waals surface area contributed by atoms with Crippen LogP contribution in [-0.4, -0.2) is 0 Å². The molecule has 0 saturated carbocycles. The molecule has 1 nitrogen and oxygen atoms in total. The molecular weight excluding hydrogens is 208 g/mol. The Kier molecular flexibility index (Phi) is 4.87. The fourth-order valence-corrected chi connectivity index (χ4v) is 1.98. The zero-order valence-corrected chi connectivity index (χ0v) is 9.84. The third-order valence-electron chi connectivity index (χ3n) is 2.82. The van der Waals surface area contributed by atoms with E-state index in [1.807, 2.05) is 0 Å². The lowest BCUT2D eigenvalue weighted by Crippen LogP contribution is -2.16. The molecule has 1 rings (SSSR count). The van der Waals surface area contributed by atoms with Gasteiger partial charge in [0, 0.05) is 11.6 Å². The molecule has 0 heterocycles. The summed E-state index contributed by atoms with van der Waals surface area (Å²) in [6.45, 7) is 4.19. The molecule has 1 aromatic rings. The van der Waals surface area contributed by atoms with Gasteiger partial charge in [-0.1, -0.05) is 38.8 Å². The highest BCUT2D eigenvalue weighted by Gasteiger charge is 2.16. The minimum absolute atomic E-state index is 0.281. The molecule has 0 aliphatic carbocycles. The van der Waals surface area contributed by atoms with Gasteiger partial charge in [0.05, 0.1) is 0 Å². The summed E-state index contributed by atoms with van der Waals surface area (Å²) in [4.78, 5) is 0. The Balaban J connectivity index is 2.72. The average molecular weight is 227 g/mol. The summed E-state index contributed by atoms with van der Waals surface area (Å²) in [5.41, 5.74) is 6.17. The van der Waals surface area contributed by atoms with Gasteiger partial charge in [0.2, 0.25) is 0 Å². The van der Waals surface area contributed by atoms with Crippen molar-refractivity contribution in [3.63, 3.8) is 0 Å². The predicted octanol–water partition coefficient (Wildman–Crippen LogP) is 3.79. The molecule has 0 spiro atoms. The molecule has 0 bridgehead atoms. The zero-order valence-electron chi connectivity index (χ0n) is 9.84. The lowest BCUT2D eigenvalue weighted by molar-refractivity contribution is 0.422. The molecule has 90 valence electrons. The van der Waals surface area contributed by atoms with E-state index in [0.29, 0.717) is 12.3 Å². The van der Waals surface area contributed by atoms with Crippen LogP contribution in [-0.2, 0) is 0 Å². The average Bonchev–Trinajstić information content (AvgIpc) is 2.22. The van der Waals surface area contributed by atoms with Crippen molar-refractivity contribution in [1.29, 1.82) is 0 Å². The summed E-state index contributed by atoms with van der Waals surface area (Å²) >= 11 is 0. The molecule has 0 aliphatic heterocycles. The van der Waals surface area contributed by atoms with Crippen molar-refractivity contribution >= 4 is 0 Å². The van der Waals surface area contributed by atoms with Crippen LogP contribution in [0.15, 0.2) is 18.2 Å². The highest BCUT2D eigenvalue weighted by Crippen LogP contribution is 2.24. The van der Waals surface area contributed by atoms with Crippen LogP contribution in [0.2, 0.25) is 0 Å². The first-order valence-corrected chi connectivity index (χ1v) is 5.75. The molecule has 0 radical (unpaired) electrons. The molecule has 3 heteroatoms. The number of benzene rings is 1. The van der Waals surface area contributed by atoms with Gasteiger partial charge in [0.25, 0.3) is 0 Å². The summed E-state index contributed by atoms with van der Waals surface area (Å²) in [5.74, 6) is -1.20. The summed E-state index contributed by atoms with van der Waals surface area (Å²) in [6.07, 6.45) is 2.83. The van der Waals surface area contributed by atoms with Crippen LogP contribution in [0.25, 0.3) is 0 Å². The van der Waals surface area contributed by atoms with Crippen molar-refractivity contribution in [2.24, 2.45) is 11.7 Å². The number of hydrogen-bond donors (Lipinski definition) is 1. The summed E-state index contributed by atoms with van der Waals surface area (Å²) in [6, 6.07) is 3.75. The van der Waals surface area contributed by atoms with Gasteiger partial charge >= 0.3 is 0 Å². The van der Waals surface area contributed by atoms with Crippen LogP contribution in [0.4, 0.5) is 8.78 Å². The lowest BCUT2D eigenvalue weighted by atomic mass is 9.93. The second-order valence-electron chi connectivity index (χ2n) is 4.38. The van der Waals surface area contributed by atoms with Crippen molar-refractivity contribution in [1.82, 2.24) is 0 Å². The van der Waals surface area contributed by atoms with E-state index >= 15 is 0 Å². The molecule has 1 aromatic carbocycles. The van der Waals surface area contributed by atoms with E-state index in [4.69, 9.17) is 5.73 Å². The molecule has 0 aromatic heterocycles. The topological polar surface area (TPSA) is 26.0 Å². The van der Waals surface area contributed by atoms with E-state index in [-0.39, 0.29) is 5.56 Å². The van der Waals surface area contributed by atoms with Crippen molar-refractivity contribution in [2.45, 2.75) is 39.2 Å². The summed E-state index contributed by atoms with van der Waals surface area (Å²) in [5, 5.41) is 0. The van der Waals surface area contributed by atoms with Crippen molar-refractivity contribution < 1.29 is 8.78 Å². The van der Waals surface area contributed by atoms with E-state index < -0.39 is 17.7 Å². The normalized spacial score (nSPS) is 14.8. The van der Waals surface area contributed by atoms with Gasteiger partial charge in [-0.05, 0) is 18.4 Å². The van der Waals surface area contributed by atoms with Crippen molar-refractivity contribution in [2.75, 3.05) is 0 Å². The fraction of sp³-hybridized carbons (Fsp3) is 0.538. The maximum atomic E-state index is 13.4. The summed E-state index contributed by atoms with van der Waals surface area (Å²) < 4.78 is 26.4. The second kappa shape index (κ2) is 5.94. The number of hydrogen-bond acceptors (Lipinski definition) is 1.